The molecule has 0 bridgehead atoms. The summed E-state index contributed by atoms with van der Waals surface area (Å²) in [4.78, 5) is 27.2. The van der Waals surface area contributed by atoms with E-state index in [1.54, 1.807) is 42.4 Å². The number of fused-ring (bicyclic) bond motifs is 1. The highest BCUT2D eigenvalue weighted by Crippen LogP contribution is 2.34. The lowest BCUT2D eigenvalue weighted by molar-refractivity contribution is 0.0271. The number of aryl methyl sites for hydroxylation is 1. The van der Waals surface area contributed by atoms with Crippen LogP contribution in [0.15, 0.2) is 40.1 Å². The number of benzene rings is 2. The van der Waals surface area contributed by atoms with Crippen LogP contribution in [0.1, 0.15) is 29.6 Å². The number of amidine groups is 1. The van der Waals surface area contributed by atoms with Crippen molar-refractivity contribution >= 4 is 72.8 Å². The standard InChI is InChI=1S/C24H25BrClFN6O2S/c25-15-4-5-18(17(26)10-15)31-21-16(23(34)32-35-12-14-2-3-14)11-19-22(20(21)27)30-13-33(19)8-1-6-28-24-29-7-9-36-24/h4-5,10-11,13-14,31H,1-3,6-9,12H2,(H,28,29)(H,32,34). The summed E-state index contributed by atoms with van der Waals surface area (Å²) in [5, 5.41) is 7.65. The first-order chi connectivity index (χ1) is 17.5. The largest absolute Gasteiger partial charge is 0.365 e. The van der Waals surface area contributed by atoms with Gasteiger partial charge in [-0.2, -0.15) is 0 Å². The SMILES string of the molecule is O=C(NOCC1CC1)c1cc2c(ncn2CCCNC2=NCCS2)c(F)c1Nc1ccc(Br)cc1Cl. The summed E-state index contributed by atoms with van der Waals surface area (Å²) >= 11 is 11.4. The molecule has 2 aliphatic rings. The van der Waals surface area contributed by atoms with Crippen LogP contribution in [0.25, 0.3) is 11.0 Å². The summed E-state index contributed by atoms with van der Waals surface area (Å²) < 4.78 is 18.4. The Morgan fingerprint density at radius 1 is 1.33 bits per heavy atom. The number of nitrogens with one attached hydrogen (secondary N) is 3. The quantitative estimate of drug-likeness (QED) is 0.212. The zero-order valence-electron chi connectivity index (χ0n) is 19.3. The van der Waals surface area contributed by atoms with E-state index in [4.69, 9.17) is 16.4 Å². The third-order valence-corrected chi connectivity index (χ3v) is 7.65. The minimum atomic E-state index is -0.632. The molecule has 1 amide bonds. The van der Waals surface area contributed by atoms with E-state index in [0.717, 1.165) is 47.7 Å². The molecule has 5 rings (SSSR count). The Kier molecular flexibility index (Phi) is 8.00. The smallest absolute Gasteiger partial charge is 0.277 e. The molecule has 1 saturated carbocycles. The normalized spacial score (nSPS) is 15.2. The summed E-state index contributed by atoms with van der Waals surface area (Å²) in [5.74, 6) is 0.294. The van der Waals surface area contributed by atoms with E-state index in [1.165, 1.54) is 0 Å². The summed E-state index contributed by atoms with van der Waals surface area (Å²) in [6, 6.07) is 6.82. The molecule has 190 valence electrons. The van der Waals surface area contributed by atoms with Gasteiger partial charge in [-0.15, -0.1) is 0 Å². The number of anilines is 2. The number of hydroxylamine groups is 1. The van der Waals surface area contributed by atoms with E-state index < -0.39 is 11.7 Å². The fourth-order valence-electron chi connectivity index (χ4n) is 3.81. The molecule has 1 aromatic heterocycles. The highest BCUT2D eigenvalue weighted by Gasteiger charge is 2.25. The molecule has 0 spiro atoms. The highest BCUT2D eigenvalue weighted by atomic mass is 79.9. The monoisotopic (exact) mass is 594 g/mol. The Morgan fingerprint density at radius 3 is 2.94 bits per heavy atom. The van der Waals surface area contributed by atoms with Crippen molar-refractivity contribution in [2.24, 2.45) is 10.9 Å². The second-order valence-electron chi connectivity index (χ2n) is 8.67. The maximum absolute atomic E-state index is 15.8. The van der Waals surface area contributed by atoms with E-state index in [0.29, 0.717) is 35.3 Å². The van der Waals surface area contributed by atoms with Gasteiger partial charge in [-0.3, -0.25) is 14.6 Å². The zero-order chi connectivity index (χ0) is 25.1. The second kappa shape index (κ2) is 11.4. The Bertz CT molecular complexity index is 1320. The van der Waals surface area contributed by atoms with Crippen LogP contribution in [0, 0.1) is 11.7 Å². The molecule has 0 saturated heterocycles. The molecule has 2 aromatic carbocycles. The van der Waals surface area contributed by atoms with Crippen LogP contribution in [0.4, 0.5) is 15.8 Å². The van der Waals surface area contributed by atoms with Crippen molar-refractivity contribution in [3.8, 4) is 0 Å². The molecule has 1 fully saturated rings. The Hall–Kier alpha value is -2.34. The molecule has 12 heteroatoms. The Labute approximate surface area is 225 Å². The summed E-state index contributed by atoms with van der Waals surface area (Å²) in [7, 11) is 0. The van der Waals surface area contributed by atoms with Crippen LogP contribution in [0.3, 0.4) is 0 Å². The van der Waals surface area contributed by atoms with Crippen molar-refractivity contribution in [2.75, 3.05) is 30.8 Å². The molecule has 3 aromatic rings. The number of thioether (sulfide) groups is 1. The third-order valence-electron chi connectivity index (χ3n) is 5.91. The summed E-state index contributed by atoms with van der Waals surface area (Å²) in [5.41, 5.74) is 3.72. The van der Waals surface area contributed by atoms with Gasteiger partial charge in [0.2, 0.25) is 0 Å². The number of aromatic nitrogens is 2. The molecular formula is C24H25BrClFN6O2S. The fourth-order valence-corrected chi connectivity index (χ4v) is 5.30. The first-order valence-corrected chi connectivity index (χ1v) is 13.9. The number of hydrogen-bond acceptors (Lipinski definition) is 7. The summed E-state index contributed by atoms with van der Waals surface area (Å²) in [6.45, 7) is 2.62. The first kappa shape index (κ1) is 25.3. The number of imidazole rings is 1. The van der Waals surface area contributed by atoms with Crippen molar-refractivity contribution in [1.29, 1.82) is 0 Å². The third kappa shape index (κ3) is 5.96. The zero-order valence-corrected chi connectivity index (χ0v) is 22.5. The van der Waals surface area contributed by atoms with Gasteiger partial charge in [-0.05, 0) is 49.4 Å². The number of amides is 1. The van der Waals surface area contributed by atoms with Gasteiger partial charge in [0, 0.05) is 23.3 Å². The molecule has 8 nitrogen and oxygen atoms in total. The van der Waals surface area contributed by atoms with Crippen LogP contribution in [-0.2, 0) is 11.4 Å². The molecule has 2 heterocycles. The van der Waals surface area contributed by atoms with E-state index in [2.05, 4.69) is 42.0 Å². The van der Waals surface area contributed by atoms with Crippen LogP contribution < -0.4 is 16.1 Å². The second-order valence-corrected chi connectivity index (χ2v) is 11.1. The van der Waals surface area contributed by atoms with Gasteiger partial charge in [0.05, 0.1) is 47.0 Å². The topological polar surface area (TPSA) is 92.6 Å². The van der Waals surface area contributed by atoms with Crippen LogP contribution >= 0.6 is 39.3 Å². The maximum atomic E-state index is 15.8. The number of carbonyl (C=O) groups is 1. The fraction of sp³-hybridized carbons (Fsp3) is 0.375. The van der Waals surface area contributed by atoms with Crippen molar-refractivity contribution in [2.45, 2.75) is 25.8 Å². The molecular weight excluding hydrogens is 571 g/mol. The van der Waals surface area contributed by atoms with Crippen molar-refractivity contribution in [3.05, 3.63) is 51.5 Å². The Morgan fingerprint density at radius 2 is 2.19 bits per heavy atom. The lowest BCUT2D eigenvalue weighted by Crippen LogP contribution is -2.26. The van der Waals surface area contributed by atoms with Gasteiger partial charge in [0.25, 0.3) is 5.91 Å². The van der Waals surface area contributed by atoms with E-state index in [-0.39, 0.29) is 16.8 Å². The lowest BCUT2D eigenvalue weighted by atomic mass is 10.1. The van der Waals surface area contributed by atoms with E-state index in [9.17, 15) is 4.79 Å². The average molecular weight is 596 g/mol. The molecule has 0 radical (unpaired) electrons. The molecule has 0 atom stereocenters. The van der Waals surface area contributed by atoms with Gasteiger partial charge >= 0.3 is 0 Å². The van der Waals surface area contributed by atoms with Crippen molar-refractivity contribution in [3.63, 3.8) is 0 Å². The number of halogens is 3. The predicted octanol–water partition coefficient (Wildman–Crippen LogP) is 5.49. The molecule has 1 aliphatic carbocycles. The average Bonchev–Trinajstić information content (AvgIpc) is 3.35. The maximum Gasteiger partial charge on any atom is 0.277 e. The summed E-state index contributed by atoms with van der Waals surface area (Å²) in [6.07, 6.45) is 4.56. The molecule has 3 N–H and O–H groups in total. The lowest BCUT2D eigenvalue weighted by Gasteiger charge is -2.16. The minimum Gasteiger partial charge on any atom is -0.365 e. The van der Waals surface area contributed by atoms with Gasteiger partial charge < -0.3 is 15.2 Å². The van der Waals surface area contributed by atoms with Crippen LogP contribution in [0.5, 0.6) is 0 Å². The molecule has 36 heavy (non-hydrogen) atoms. The van der Waals surface area contributed by atoms with Gasteiger partial charge in [-0.25, -0.2) is 14.9 Å². The Balaban J connectivity index is 1.41. The molecule has 0 unspecified atom stereocenters. The van der Waals surface area contributed by atoms with Gasteiger partial charge in [-0.1, -0.05) is 39.3 Å². The number of hydrogen-bond donors (Lipinski definition) is 3. The van der Waals surface area contributed by atoms with Crippen molar-refractivity contribution < 1.29 is 14.0 Å². The number of carbonyl (C=O) groups excluding carboxylic acids is 1. The minimum absolute atomic E-state index is 0.0116. The van der Waals surface area contributed by atoms with Crippen LogP contribution in [0.2, 0.25) is 5.02 Å². The van der Waals surface area contributed by atoms with E-state index >= 15 is 4.39 Å². The highest BCUT2D eigenvalue weighted by molar-refractivity contribution is 9.10. The number of aliphatic imine (C=N–C) groups is 1. The van der Waals surface area contributed by atoms with Crippen molar-refractivity contribution in [1.82, 2.24) is 20.3 Å². The molecule has 1 aliphatic heterocycles. The number of rotatable bonds is 10. The van der Waals surface area contributed by atoms with Crippen LogP contribution in [-0.4, -0.2) is 46.1 Å². The number of nitrogens with zero attached hydrogens (tertiary/aromatic N) is 3. The predicted molar refractivity (Wildman–Crippen MR) is 146 cm³/mol. The first-order valence-electron chi connectivity index (χ1n) is 11.7. The van der Waals surface area contributed by atoms with Gasteiger partial charge in [0.15, 0.2) is 11.0 Å². The van der Waals surface area contributed by atoms with Gasteiger partial charge in [0.1, 0.15) is 5.52 Å². The van der Waals surface area contributed by atoms with E-state index in [1.807, 2.05) is 4.57 Å².